The lowest BCUT2D eigenvalue weighted by molar-refractivity contribution is -0.122. The van der Waals surface area contributed by atoms with Gasteiger partial charge in [-0.1, -0.05) is 138 Å². The number of hydrogen-bond acceptors (Lipinski definition) is 5. The summed E-state index contributed by atoms with van der Waals surface area (Å²) in [7, 11) is 0. The number of nitrogens with one attached hydrogen (secondary N) is 1. The van der Waals surface area contributed by atoms with Gasteiger partial charge in [0, 0.05) is 13.0 Å². The molecule has 3 aromatic rings. The van der Waals surface area contributed by atoms with Crippen LogP contribution in [0.3, 0.4) is 0 Å². The molecule has 3 aliphatic rings. The minimum absolute atomic E-state index is 0.0596. The molecular weight excluding hydrogens is 659 g/mol. The molecule has 0 aliphatic heterocycles. The highest BCUT2D eigenvalue weighted by molar-refractivity contribution is 5.93. The third kappa shape index (κ3) is 17.7. The molecule has 0 radical (unpaired) electrons. The van der Waals surface area contributed by atoms with Crippen LogP contribution in [0, 0.1) is 12.8 Å². The van der Waals surface area contributed by atoms with Gasteiger partial charge in [0.05, 0.1) is 25.0 Å². The largest absolute Gasteiger partial charge is 0.392 e. The van der Waals surface area contributed by atoms with Crippen LogP contribution in [0.1, 0.15) is 125 Å². The number of allylic oxidation sites excluding steroid dienone is 4. The Kier molecular flexibility index (Phi) is 22.9. The average molecular weight is 722 g/mol. The molecule has 0 saturated heterocycles. The summed E-state index contributed by atoms with van der Waals surface area (Å²) in [6, 6.07) is 22.4. The molecule has 2 fully saturated rings. The summed E-state index contributed by atoms with van der Waals surface area (Å²) in [5.74, 6) is -0.195. The summed E-state index contributed by atoms with van der Waals surface area (Å²) >= 11 is 0. The number of aliphatic hydroxyl groups excluding tert-OH is 1. The number of terminal acetylenes is 1. The maximum absolute atomic E-state index is 12.4. The lowest BCUT2D eigenvalue weighted by atomic mass is 9.95. The van der Waals surface area contributed by atoms with E-state index in [0.29, 0.717) is 23.9 Å². The quantitative estimate of drug-likeness (QED) is 0.152. The van der Waals surface area contributed by atoms with Crippen molar-refractivity contribution >= 4 is 17.3 Å². The standard InChI is InChI=1S/C22H27N3O2.C13H18O.C7H10O.C2H6.C2H2/c1-16(13-18-9-5-3-6-10-18)20-14-21(17(2)26)25(24-20)15-22(27)23-19-11-7-4-8-12-19;1-3-7-12(8-4-1)11-14-13-9-5-2-6-10-13;8-6-7-4-2-1-3-5-7;2*1-2/h3,5-6,9-10,14,19H,1,4,7-8,11-13,15H2,2H3,(H,23,27);1,3-4,7-8,13H,2,5-6,9-11H2;1-2,4,8H,3,5-6H2;1-2H3;1-2H. The Bertz CT molecular complexity index is 1540. The van der Waals surface area contributed by atoms with Crippen molar-refractivity contribution in [3.8, 4) is 12.8 Å². The van der Waals surface area contributed by atoms with Gasteiger partial charge in [0.15, 0.2) is 5.78 Å². The fraction of sp³-hybridized carbons (Fsp3) is 0.457. The fourth-order valence-corrected chi connectivity index (χ4v) is 6.39. The van der Waals surface area contributed by atoms with E-state index in [0.717, 1.165) is 61.8 Å². The van der Waals surface area contributed by atoms with Gasteiger partial charge in [-0.15, -0.1) is 12.8 Å². The first kappa shape index (κ1) is 44.7. The van der Waals surface area contributed by atoms with Crippen LogP contribution in [-0.4, -0.2) is 45.3 Å². The van der Waals surface area contributed by atoms with E-state index >= 15 is 0 Å². The van der Waals surface area contributed by atoms with Crippen LogP contribution in [0.15, 0.2) is 97.1 Å². The smallest absolute Gasteiger partial charge is 0.241 e. The number of ketones is 1. The molecule has 0 atom stereocenters. The fourth-order valence-electron chi connectivity index (χ4n) is 6.39. The number of aromatic nitrogens is 2. The molecule has 1 aromatic heterocycles. The highest BCUT2D eigenvalue weighted by Gasteiger charge is 2.19. The Balaban J connectivity index is 0.000000309. The van der Waals surface area contributed by atoms with Crippen LogP contribution in [-0.2, 0) is 29.1 Å². The van der Waals surface area contributed by atoms with E-state index in [2.05, 4.69) is 60.2 Å². The maximum Gasteiger partial charge on any atom is 0.241 e. The number of ether oxygens (including phenoxy) is 1. The molecule has 2 saturated carbocycles. The van der Waals surface area contributed by atoms with Gasteiger partial charge in [-0.05, 0) is 73.3 Å². The molecule has 3 aliphatic carbocycles. The predicted molar refractivity (Wildman–Crippen MR) is 219 cm³/mol. The second kappa shape index (κ2) is 27.1. The number of hydrogen-bond donors (Lipinski definition) is 2. The number of rotatable bonds is 11. The number of aliphatic hydroxyl groups is 1. The van der Waals surface area contributed by atoms with E-state index in [9.17, 15) is 9.59 Å². The molecule has 0 bridgehead atoms. The molecule has 0 spiro atoms. The van der Waals surface area contributed by atoms with Gasteiger partial charge in [0.25, 0.3) is 0 Å². The van der Waals surface area contributed by atoms with Crippen molar-refractivity contribution in [3.05, 3.63) is 120 Å². The number of amides is 1. The molecule has 1 heterocycles. The summed E-state index contributed by atoms with van der Waals surface area (Å²) in [5, 5.41) is 16.2. The number of carbonyl (C=O) groups is 2. The molecule has 2 aromatic carbocycles. The summed E-state index contributed by atoms with van der Waals surface area (Å²) in [6.45, 7) is 10.7. The van der Waals surface area contributed by atoms with Crippen LogP contribution >= 0.6 is 0 Å². The van der Waals surface area contributed by atoms with E-state index in [1.54, 1.807) is 6.07 Å². The molecule has 0 unspecified atom stereocenters. The van der Waals surface area contributed by atoms with E-state index in [1.165, 1.54) is 55.7 Å². The zero-order chi connectivity index (χ0) is 38.7. The second-order valence-electron chi connectivity index (χ2n) is 13.3. The van der Waals surface area contributed by atoms with Crippen molar-refractivity contribution in [2.75, 3.05) is 6.61 Å². The van der Waals surface area contributed by atoms with Crippen LogP contribution in [0.5, 0.6) is 0 Å². The maximum atomic E-state index is 12.4. The Morgan fingerprint density at radius 3 is 2.02 bits per heavy atom. The van der Waals surface area contributed by atoms with Gasteiger partial charge in [-0.3, -0.25) is 14.3 Å². The van der Waals surface area contributed by atoms with Crippen LogP contribution < -0.4 is 5.32 Å². The SMILES string of the molecule is C#C.C=C(Cc1ccccc1)c1cc(C(C)=O)n(CC(=O)NC2CCCCC2)n1.CC.OCC1=CC=CCC1.c1ccc(COC2CCCCC2)cc1. The molecule has 6 rings (SSSR count). The second-order valence-corrected chi connectivity index (χ2v) is 13.3. The first-order valence-electron chi connectivity index (χ1n) is 19.5. The van der Waals surface area contributed by atoms with Gasteiger partial charge in [-0.2, -0.15) is 5.10 Å². The average Bonchev–Trinajstić information content (AvgIpc) is 3.65. The van der Waals surface area contributed by atoms with Crippen molar-refractivity contribution in [1.82, 2.24) is 15.1 Å². The summed E-state index contributed by atoms with van der Waals surface area (Å²) in [5.41, 5.74) is 5.50. The minimum atomic E-state index is -0.105. The van der Waals surface area contributed by atoms with Gasteiger partial charge >= 0.3 is 0 Å². The molecule has 7 nitrogen and oxygen atoms in total. The van der Waals surface area contributed by atoms with Gasteiger partial charge in [-0.25, -0.2) is 0 Å². The molecule has 2 N–H and O–H groups in total. The highest BCUT2D eigenvalue weighted by atomic mass is 16.5. The van der Waals surface area contributed by atoms with Crippen LogP contribution in [0.4, 0.5) is 0 Å². The number of benzene rings is 2. The summed E-state index contributed by atoms with van der Waals surface area (Å²) in [4.78, 5) is 24.4. The molecule has 286 valence electrons. The normalized spacial score (nSPS) is 15.2. The van der Waals surface area contributed by atoms with Crippen molar-refractivity contribution in [2.24, 2.45) is 0 Å². The lowest BCUT2D eigenvalue weighted by Crippen LogP contribution is -2.38. The van der Waals surface area contributed by atoms with E-state index < -0.39 is 0 Å². The van der Waals surface area contributed by atoms with Crippen molar-refractivity contribution < 1.29 is 19.4 Å². The number of carbonyl (C=O) groups excluding carboxylic acids is 2. The first-order valence-corrected chi connectivity index (χ1v) is 19.5. The van der Waals surface area contributed by atoms with Gasteiger partial charge in [0.2, 0.25) is 5.91 Å². The predicted octanol–water partition coefficient (Wildman–Crippen LogP) is 9.86. The summed E-state index contributed by atoms with van der Waals surface area (Å²) < 4.78 is 7.37. The Hall–Kier alpha value is -4.51. The molecular formula is C46H63N3O4. The van der Waals surface area contributed by atoms with Gasteiger partial charge in [0.1, 0.15) is 12.2 Å². The van der Waals surface area contributed by atoms with Crippen molar-refractivity contribution in [2.45, 2.75) is 130 Å². The van der Waals surface area contributed by atoms with Gasteiger partial charge < -0.3 is 15.2 Å². The summed E-state index contributed by atoms with van der Waals surface area (Å²) in [6.07, 6.45) is 29.6. The zero-order valence-electron chi connectivity index (χ0n) is 32.5. The molecule has 7 heteroatoms. The zero-order valence-corrected chi connectivity index (χ0v) is 32.5. The number of nitrogens with zero attached hydrogens (tertiary/aromatic N) is 2. The van der Waals surface area contributed by atoms with E-state index in [1.807, 2.05) is 62.4 Å². The minimum Gasteiger partial charge on any atom is -0.392 e. The number of Topliss-reactive ketones (excluding diaryl/α,β-unsaturated/α-hetero) is 1. The van der Waals surface area contributed by atoms with Crippen LogP contribution in [0.2, 0.25) is 0 Å². The van der Waals surface area contributed by atoms with Crippen molar-refractivity contribution in [1.29, 1.82) is 0 Å². The van der Waals surface area contributed by atoms with E-state index in [4.69, 9.17) is 9.84 Å². The van der Waals surface area contributed by atoms with Crippen molar-refractivity contribution in [3.63, 3.8) is 0 Å². The highest BCUT2D eigenvalue weighted by Crippen LogP contribution is 2.22. The third-order valence-electron chi connectivity index (χ3n) is 9.21. The molecule has 1 amide bonds. The van der Waals surface area contributed by atoms with Crippen LogP contribution in [0.25, 0.3) is 5.57 Å². The Morgan fingerprint density at radius 2 is 1.49 bits per heavy atom. The Morgan fingerprint density at radius 1 is 0.906 bits per heavy atom. The topological polar surface area (TPSA) is 93.5 Å². The lowest BCUT2D eigenvalue weighted by Gasteiger charge is -2.22. The monoisotopic (exact) mass is 721 g/mol. The Labute approximate surface area is 319 Å². The first-order chi connectivity index (χ1) is 25.9. The third-order valence-corrected chi connectivity index (χ3v) is 9.21. The molecule has 53 heavy (non-hydrogen) atoms. The van der Waals surface area contributed by atoms with E-state index in [-0.39, 0.29) is 30.9 Å².